The van der Waals surface area contributed by atoms with Gasteiger partial charge in [-0.15, -0.1) is 0 Å². The predicted octanol–water partition coefficient (Wildman–Crippen LogP) is 0.0297. The van der Waals surface area contributed by atoms with Crippen LogP contribution in [0.4, 0.5) is 0 Å². The second kappa shape index (κ2) is 5.87. The van der Waals surface area contributed by atoms with Crippen molar-refractivity contribution in [2.24, 2.45) is 5.73 Å². The summed E-state index contributed by atoms with van der Waals surface area (Å²) in [5, 5.41) is 2.67. The first-order valence-corrected chi connectivity index (χ1v) is 4.66. The summed E-state index contributed by atoms with van der Waals surface area (Å²) in [6.45, 7) is 2.74. The summed E-state index contributed by atoms with van der Waals surface area (Å²) in [6.07, 6.45) is 6.59. The molecule has 0 radical (unpaired) electrons. The molecule has 0 aliphatic rings. The molecule has 0 aliphatic carbocycles. The Labute approximate surface area is 88.4 Å². The van der Waals surface area contributed by atoms with E-state index in [0.717, 1.165) is 5.69 Å². The van der Waals surface area contributed by atoms with E-state index in [1.54, 1.807) is 18.3 Å². The third kappa shape index (κ3) is 3.86. The Morgan fingerprint density at radius 3 is 2.87 bits per heavy atom. The molecule has 15 heavy (non-hydrogen) atoms. The molecule has 0 spiro atoms. The van der Waals surface area contributed by atoms with E-state index in [2.05, 4.69) is 15.3 Å². The molecule has 5 heteroatoms. The molecule has 1 rings (SSSR count). The summed E-state index contributed by atoms with van der Waals surface area (Å²) in [6, 6.07) is 0. The molecule has 3 N–H and O–H groups in total. The maximum atomic E-state index is 11.4. The fourth-order valence-corrected chi connectivity index (χ4v) is 0.932. The molecule has 0 atom stereocenters. The van der Waals surface area contributed by atoms with E-state index in [4.69, 9.17) is 5.73 Å². The van der Waals surface area contributed by atoms with Gasteiger partial charge in [-0.05, 0) is 6.92 Å². The van der Waals surface area contributed by atoms with Crippen molar-refractivity contribution in [2.45, 2.75) is 6.92 Å². The number of aryl methyl sites for hydroxylation is 1. The zero-order chi connectivity index (χ0) is 11.1. The molecule has 0 unspecified atom stereocenters. The van der Waals surface area contributed by atoms with Gasteiger partial charge in [0.1, 0.15) is 5.69 Å². The van der Waals surface area contributed by atoms with Crippen LogP contribution < -0.4 is 11.1 Å². The summed E-state index contributed by atoms with van der Waals surface area (Å²) >= 11 is 0. The van der Waals surface area contributed by atoms with E-state index in [-0.39, 0.29) is 5.91 Å². The zero-order valence-corrected chi connectivity index (χ0v) is 8.60. The number of rotatable bonds is 4. The van der Waals surface area contributed by atoms with Crippen LogP contribution in [-0.2, 0) is 0 Å². The molecule has 1 amide bonds. The van der Waals surface area contributed by atoms with Crippen LogP contribution in [0.5, 0.6) is 0 Å². The highest BCUT2D eigenvalue weighted by Gasteiger charge is 2.04. The Kier molecular flexibility index (Phi) is 4.43. The number of carbonyl (C=O) groups excluding carboxylic acids is 1. The van der Waals surface area contributed by atoms with Crippen molar-refractivity contribution in [3.8, 4) is 0 Å². The minimum Gasteiger partial charge on any atom is -0.347 e. The van der Waals surface area contributed by atoms with Crippen LogP contribution in [-0.4, -0.2) is 29.0 Å². The predicted molar refractivity (Wildman–Crippen MR) is 57.3 cm³/mol. The summed E-state index contributed by atoms with van der Waals surface area (Å²) in [4.78, 5) is 19.4. The lowest BCUT2D eigenvalue weighted by atomic mass is 10.4. The van der Waals surface area contributed by atoms with E-state index >= 15 is 0 Å². The fraction of sp³-hybridized carbons (Fsp3) is 0.300. The summed E-state index contributed by atoms with van der Waals surface area (Å²) in [5.41, 5.74) is 6.36. The van der Waals surface area contributed by atoms with Gasteiger partial charge in [-0.2, -0.15) is 0 Å². The van der Waals surface area contributed by atoms with Crippen molar-refractivity contribution < 1.29 is 4.79 Å². The smallest absolute Gasteiger partial charge is 0.271 e. The SMILES string of the molecule is Cc1cnc(C(=O)NC/C=C/CN)cn1. The molecular weight excluding hydrogens is 192 g/mol. The van der Waals surface area contributed by atoms with Crippen LogP contribution in [0.1, 0.15) is 16.2 Å². The molecule has 5 nitrogen and oxygen atoms in total. The Balaban J connectivity index is 2.47. The highest BCUT2D eigenvalue weighted by Crippen LogP contribution is 1.93. The number of carbonyl (C=O) groups is 1. The normalized spacial score (nSPS) is 10.5. The van der Waals surface area contributed by atoms with Crippen LogP contribution >= 0.6 is 0 Å². The topological polar surface area (TPSA) is 80.9 Å². The fourth-order valence-electron chi connectivity index (χ4n) is 0.932. The maximum absolute atomic E-state index is 11.4. The van der Waals surface area contributed by atoms with E-state index in [9.17, 15) is 4.79 Å². The van der Waals surface area contributed by atoms with Gasteiger partial charge < -0.3 is 11.1 Å². The highest BCUT2D eigenvalue weighted by atomic mass is 16.1. The van der Waals surface area contributed by atoms with Crippen molar-refractivity contribution in [1.29, 1.82) is 0 Å². The molecule has 1 aromatic heterocycles. The van der Waals surface area contributed by atoms with Gasteiger partial charge in [0.15, 0.2) is 0 Å². The zero-order valence-electron chi connectivity index (χ0n) is 8.60. The lowest BCUT2D eigenvalue weighted by Crippen LogP contribution is -2.24. The van der Waals surface area contributed by atoms with Crippen molar-refractivity contribution in [1.82, 2.24) is 15.3 Å². The second-order valence-corrected chi connectivity index (χ2v) is 2.96. The Bertz CT molecular complexity index is 345. The molecule has 0 aromatic carbocycles. The quantitative estimate of drug-likeness (QED) is 0.681. The van der Waals surface area contributed by atoms with Crippen LogP contribution in [0.15, 0.2) is 24.5 Å². The minimum absolute atomic E-state index is 0.232. The molecule has 0 aliphatic heterocycles. The molecule has 0 saturated carbocycles. The number of aromatic nitrogens is 2. The lowest BCUT2D eigenvalue weighted by molar-refractivity contribution is 0.0952. The van der Waals surface area contributed by atoms with Gasteiger partial charge in [-0.1, -0.05) is 12.2 Å². The van der Waals surface area contributed by atoms with Gasteiger partial charge in [0.2, 0.25) is 0 Å². The standard InChI is InChI=1S/C10H14N4O/c1-8-6-14-9(7-13-8)10(15)12-5-3-2-4-11/h2-3,6-7H,4-5,11H2,1H3,(H,12,15)/b3-2+. The van der Waals surface area contributed by atoms with Crippen molar-refractivity contribution in [3.63, 3.8) is 0 Å². The average Bonchev–Trinajstić information content (AvgIpc) is 2.25. The van der Waals surface area contributed by atoms with Crippen LogP contribution in [0, 0.1) is 6.92 Å². The second-order valence-electron chi connectivity index (χ2n) is 2.96. The first-order chi connectivity index (χ1) is 7.24. The van der Waals surface area contributed by atoms with Crippen molar-refractivity contribution >= 4 is 5.91 Å². The van der Waals surface area contributed by atoms with Crippen LogP contribution in [0.3, 0.4) is 0 Å². The summed E-state index contributed by atoms with van der Waals surface area (Å²) in [7, 11) is 0. The van der Waals surface area contributed by atoms with Crippen LogP contribution in [0.2, 0.25) is 0 Å². The Morgan fingerprint density at radius 2 is 2.27 bits per heavy atom. The molecule has 0 fully saturated rings. The van der Waals surface area contributed by atoms with Crippen molar-refractivity contribution in [2.75, 3.05) is 13.1 Å². The Hall–Kier alpha value is -1.75. The van der Waals surface area contributed by atoms with E-state index in [0.29, 0.717) is 18.8 Å². The van der Waals surface area contributed by atoms with Gasteiger partial charge in [-0.3, -0.25) is 9.78 Å². The van der Waals surface area contributed by atoms with Crippen LogP contribution in [0.25, 0.3) is 0 Å². The minimum atomic E-state index is -0.232. The van der Waals surface area contributed by atoms with Gasteiger partial charge in [0.05, 0.1) is 11.9 Å². The van der Waals surface area contributed by atoms with E-state index < -0.39 is 0 Å². The monoisotopic (exact) mass is 206 g/mol. The van der Waals surface area contributed by atoms with E-state index in [1.807, 2.05) is 6.92 Å². The molecular formula is C10H14N4O. The number of hydrogen-bond acceptors (Lipinski definition) is 4. The largest absolute Gasteiger partial charge is 0.347 e. The average molecular weight is 206 g/mol. The third-order valence-corrected chi connectivity index (χ3v) is 1.70. The highest BCUT2D eigenvalue weighted by molar-refractivity contribution is 5.91. The molecule has 0 saturated heterocycles. The maximum Gasteiger partial charge on any atom is 0.271 e. The number of nitrogens with one attached hydrogen (secondary N) is 1. The van der Waals surface area contributed by atoms with Gasteiger partial charge in [-0.25, -0.2) is 4.98 Å². The number of hydrogen-bond donors (Lipinski definition) is 2. The molecule has 1 heterocycles. The molecule has 0 bridgehead atoms. The van der Waals surface area contributed by atoms with Gasteiger partial charge in [0.25, 0.3) is 5.91 Å². The number of nitrogens with zero attached hydrogens (tertiary/aromatic N) is 2. The molecule has 80 valence electrons. The third-order valence-electron chi connectivity index (χ3n) is 1.70. The Morgan fingerprint density at radius 1 is 1.47 bits per heavy atom. The van der Waals surface area contributed by atoms with Crippen molar-refractivity contribution in [3.05, 3.63) is 35.9 Å². The summed E-state index contributed by atoms with van der Waals surface area (Å²) in [5.74, 6) is -0.232. The first-order valence-electron chi connectivity index (χ1n) is 4.66. The van der Waals surface area contributed by atoms with Gasteiger partial charge in [0, 0.05) is 19.3 Å². The number of nitrogens with two attached hydrogens (primary N) is 1. The van der Waals surface area contributed by atoms with Gasteiger partial charge >= 0.3 is 0 Å². The van der Waals surface area contributed by atoms with E-state index in [1.165, 1.54) is 6.20 Å². The summed E-state index contributed by atoms with van der Waals surface area (Å²) < 4.78 is 0. The number of amides is 1. The first kappa shape index (κ1) is 11.3. The molecule has 1 aromatic rings. The lowest BCUT2D eigenvalue weighted by Gasteiger charge is -2.00.